The maximum absolute atomic E-state index is 11.3. The first kappa shape index (κ1) is 12.2. The molecule has 0 bridgehead atoms. The Kier molecular flexibility index (Phi) is 4.50. The number of carbonyl (C=O) groups is 1. The number of nitrogens with one attached hydrogen (secondary N) is 1. The molecule has 0 fully saturated rings. The van der Waals surface area contributed by atoms with Crippen LogP contribution in [0, 0.1) is 0 Å². The highest BCUT2D eigenvalue weighted by Gasteiger charge is 2.04. The van der Waals surface area contributed by atoms with E-state index in [9.17, 15) is 4.79 Å². The molecule has 0 unspecified atom stereocenters. The van der Waals surface area contributed by atoms with Crippen LogP contribution >= 0.6 is 0 Å². The molecule has 6 nitrogen and oxygen atoms in total. The van der Waals surface area contributed by atoms with E-state index in [-0.39, 0.29) is 12.5 Å². The zero-order valence-electron chi connectivity index (χ0n) is 9.73. The maximum atomic E-state index is 11.3. The molecule has 1 N–H and O–H groups in total. The first-order valence-corrected chi connectivity index (χ1v) is 5.02. The predicted molar refractivity (Wildman–Crippen MR) is 60.4 cm³/mol. The fraction of sp³-hybridized carbons (Fsp3) is 0.500. The van der Waals surface area contributed by atoms with E-state index in [2.05, 4.69) is 15.3 Å². The van der Waals surface area contributed by atoms with E-state index in [0.717, 1.165) is 0 Å². The minimum atomic E-state index is -0.0171. The number of hydrogen-bond acceptors (Lipinski definition) is 5. The van der Waals surface area contributed by atoms with Crippen LogP contribution in [0.25, 0.3) is 0 Å². The molecular formula is C10H16N4O2. The average molecular weight is 224 g/mol. The second-order valence-electron chi connectivity index (χ2n) is 3.32. The van der Waals surface area contributed by atoms with Gasteiger partial charge in [0, 0.05) is 20.2 Å². The number of likely N-dealkylation sites (N-methyl/N-ethyl adjacent to an activating group) is 1. The molecule has 0 aliphatic heterocycles. The van der Waals surface area contributed by atoms with E-state index in [1.807, 2.05) is 6.92 Å². The second-order valence-corrected chi connectivity index (χ2v) is 3.32. The molecule has 0 radical (unpaired) electrons. The molecule has 1 rings (SSSR count). The number of aromatic nitrogens is 2. The van der Waals surface area contributed by atoms with Gasteiger partial charge in [-0.3, -0.25) is 4.79 Å². The predicted octanol–water partition coefficient (Wildman–Crippen LogP) is 0.375. The van der Waals surface area contributed by atoms with Crippen molar-refractivity contribution in [1.82, 2.24) is 14.9 Å². The summed E-state index contributed by atoms with van der Waals surface area (Å²) < 4.78 is 5.21. The van der Waals surface area contributed by atoms with Crippen molar-refractivity contribution in [3.63, 3.8) is 0 Å². The number of carbonyl (C=O) groups excluding carboxylic acids is 1. The van der Waals surface area contributed by atoms with E-state index < -0.39 is 0 Å². The molecule has 0 atom stereocenters. The lowest BCUT2D eigenvalue weighted by Crippen LogP contribution is -2.28. The molecule has 1 heterocycles. The average Bonchev–Trinajstić information content (AvgIpc) is 2.26. The summed E-state index contributed by atoms with van der Waals surface area (Å²) in [5.74, 6) is 1.06. The smallest absolute Gasteiger partial charge is 0.241 e. The number of amides is 1. The highest BCUT2D eigenvalue weighted by atomic mass is 16.5. The van der Waals surface area contributed by atoms with Crippen LogP contribution in [-0.4, -0.2) is 48.0 Å². The fourth-order valence-corrected chi connectivity index (χ4v) is 0.987. The zero-order chi connectivity index (χ0) is 12.0. The number of nitrogens with zero attached hydrogens (tertiary/aromatic N) is 3. The number of anilines is 1. The molecular weight excluding hydrogens is 208 g/mol. The molecule has 16 heavy (non-hydrogen) atoms. The molecule has 1 amide bonds. The summed E-state index contributed by atoms with van der Waals surface area (Å²) in [5, 5.41) is 2.90. The first-order chi connectivity index (χ1) is 7.63. The topological polar surface area (TPSA) is 67.3 Å². The van der Waals surface area contributed by atoms with Gasteiger partial charge in [0.25, 0.3) is 0 Å². The van der Waals surface area contributed by atoms with Gasteiger partial charge in [-0.15, -0.1) is 0 Å². The van der Waals surface area contributed by atoms with Gasteiger partial charge in [-0.1, -0.05) is 0 Å². The highest BCUT2D eigenvalue weighted by molar-refractivity contribution is 5.80. The van der Waals surface area contributed by atoms with E-state index in [1.165, 1.54) is 11.2 Å². The van der Waals surface area contributed by atoms with Crippen LogP contribution in [0.2, 0.25) is 0 Å². The van der Waals surface area contributed by atoms with Crippen LogP contribution in [0.4, 0.5) is 5.82 Å². The highest BCUT2D eigenvalue weighted by Crippen LogP contribution is 2.10. The Bertz CT molecular complexity index is 354. The summed E-state index contributed by atoms with van der Waals surface area (Å²) in [5.41, 5.74) is 0. The summed E-state index contributed by atoms with van der Waals surface area (Å²) in [6.45, 7) is 2.63. The molecule has 0 aromatic carbocycles. The molecule has 0 saturated heterocycles. The molecule has 1 aromatic heterocycles. The SMILES string of the molecule is CCOc1cc(NCC(=O)N(C)C)ncn1. The fourth-order valence-electron chi connectivity index (χ4n) is 0.987. The van der Waals surface area contributed by atoms with Crippen molar-refractivity contribution in [1.29, 1.82) is 0 Å². The normalized spacial score (nSPS) is 9.69. The second kappa shape index (κ2) is 5.89. The van der Waals surface area contributed by atoms with Gasteiger partial charge < -0.3 is 15.0 Å². The van der Waals surface area contributed by atoms with E-state index in [0.29, 0.717) is 18.3 Å². The van der Waals surface area contributed by atoms with Crippen LogP contribution < -0.4 is 10.1 Å². The van der Waals surface area contributed by atoms with Gasteiger partial charge in [-0.05, 0) is 6.92 Å². The minimum absolute atomic E-state index is 0.0171. The summed E-state index contributed by atoms with van der Waals surface area (Å²) in [4.78, 5) is 20.7. The van der Waals surface area contributed by atoms with Crippen molar-refractivity contribution in [2.75, 3.05) is 32.6 Å². The minimum Gasteiger partial charge on any atom is -0.478 e. The maximum Gasteiger partial charge on any atom is 0.241 e. The number of hydrogen-bond donors (Lipinski definition) is 1. The number of rotatable bonds is 5. The van der Waals surface area contributed by atoms with Gasteiger partial charge in [0.15, 0.2) is 0 Å². The van der Waals surface area contributed by atoms with Crippen molar-refractivity contribution >= 4 is 11.7 Å². The van der Waals surface area contributed by atoms with E-state index >= 15 is 0 Å². The summed E-state index contributed by atoms with van der Waals surface area (Å²) >= 11 is 0. The lowest BCUT2D eigenvalue weighted by molar-refractivity contribution is -0.126. The Morgan fingerprint density at radius 3 is 2.88 bits per heavy atom. The van der Waals surface area contributed by atoms with Crippen LogP contribution in [0.5, 0.6) is 5.88 Å². The van der Waals surface area contributed by atoms with Gasteiger partial charge in [0.05, 0.1) is 13.2 Å². The lowest BCUT2D eigenvalue weighted by Gasteiger charge is -2.11. The Morgan fingerprint density at radius 2 is 2.25 bits per heavy atom. The molecule has 6 heteroatoms. The standard InChI is InChI=1S/C10H16N4O2/c1-4-16-9-5-8(12-7-13-9)11-6-10(15)14(2)3/h5,7H,4,6H2,1-3H3,(H,11,12,13). The van der Waals surface area contributed by atoms with Crippen molar-refractivity contribution in [3.8, 4) is 5.88 Å². The van der Waals surface area contributed by atoms with Gasteiger partial charge >= 0.3 is 0 Å². The zero-order valence-corrected chi connectivity index (χ0v) is 9.73. The third-order valence-corrected chi connectivity index (χ3v) is 1.85. The Morgan fingerprint density at radius 1 is 1.50 bits per heavy atom. The monoisotopic (exact) mass is 224 g/mol. The molecule has 0 spiro atoms. The molecule has 1 aromatic rings. The van der Waals surface area contributed by atoms with Gasteiger partial charge in [-0.25, -0.2) is 9.97 Å². The van der Waals surface area contributed by atoms with E-state index in [1.54, 1.807) is 20.2 Å². The summed E-state index contributed by atoms with van der Waals surface area (Å²) in [6.07, 6.45) is 1.40. The Hall–Kier alpha value is -1.85. The first-order valence-electron chi connectivity index (χ1n) is 5.02. The van der Waals surface area contributed by atoms with Crippen molar-refractivity contribution in [3.05, 3.63) is 12.4 Å². The van der Waals surface area contributed by atoms with Gasteiger partial charge in [0.1, 0.15) is 12.1 Å². The molecule has 88 valence electrons. The molecule has 0 aliphatic carbocycles. The van der Waals surface area contributed by atoms with Gasteiger partial charge in [-0.2, -0.15) is 0 Å². The summed E-state index contributed by atoms with van der Waals surface area (Å²) in [6, 6.07) is 1.66. The van der Waals surface area contributed by atoms with Crippen LogP contribution in [0.1, 0.15) is 6.92 Å². The summed E-state index contributed by atoms with van der Waals surface area (Å²) in [7, 11) is 3.41. The molecule has 0 saturated carbocycles. The molecule has 0 aliphatic rings. The third-order valence-electron chi connectivity index (χ3n) is 1.85. The van der Waals surface area contributed by atoms with Crippen molar-refractivity contribution < 1.29 is 9.53 Å². The van der Waals surface area contributed by atoms with Crippen LogP contribution in [0.15, 0.2) is 12.4 Å². The third kappa shape index (κ3) is 3.72. The van der Waals surface area contributed by atoms with Crippen LogP contribution in [-0.2, 0) is 4.79 Å². The van der Waals surface area contributed by atoms with Gasteiger partial charge in [0.2, 0.25) is 11.8 Å². The van der Waals surface area contributed by atoms with Crippen LogP contribution in [0.3, 0.4) is 0 Å². The Balaban J connectivity index is 2.53. The number of ether oxygens (including phenoxy) is 1. The van der Waals surface area contributed by atoms with Crippen molar-refractivity contribution in [2.24, 2.45) is 0 Å². The quantitative estimate of drug-likeness (QED) is 0.783. The van der Waals surface area contributed by atoms with E-state index in [4.69, 9.17) is 4.74 Å². The Labute approximate surface area is 94.6 Å². The lowest BCUT2D eigenvalue weighted by atomic mass is 10.5. The largest absolute Gasteiger partial charge is 0.478 e. The van der Waals surface area contributed by atoms with Crippen molar-refractivity contribution in [2.45, 2.75) is 6.92 Å².